The van der Waals surface area contributed by atoms with Crippen LogP contribution in [0.4, 0.5) is 26.3 Å². The van der Waals surface area contributed by atoms with Gasteiger partial charge in [-0.2, -0.15) is 26.3 Å². The van der Waals surface area contributed by atoms with Crippen LogP contribution in [0.15, 0.2) is 309 Å². The van der Waals surface area contributed by atoms with E-state index in [4.69, 9.17) is 0 Å². The molecule has 11 aromatic rings. The van der Waals surface area contributed by atoms with Crippen molar-refractivity contribution in [2.45, 2.75) is 12.4 Å². The summed E-state index contributed by atoms with van der Waals surface area (Å²) in [6.45, 7) is 0. The van der Waals surface area contributed by atoms with E-state index in [-0.39, 0.29) is 41.3 Å². The van der Waals surface area contributed by atoms with Crippen molar-refractivity contribution in [2.24, 2.45) is 0 Å². The predicted octanol–water partition coefficient (Wildman–Crippen LogP) is 13.0. The van der Waals surface area contributed by atoms with Crippen molar-refractivity contribution in [1.82, 2.24) is 0 Å². The number of rotatable bonds is 18. The summed E-state index contributed by atoms with van der Waals surface area (Å²) in [7, 11) is -7.63. The minimum atomic E-state index is -5.05. The van der Waals surface area contributed by atoms with Gasteiger partial charge in [0, 0.05) is 33.4 Å². The highest BCUT2D eigenvalue weighted by Crippen LogP contribution is 2.57. The van der Waals surface area contributed by atoms with Gasteiger partial charge in [0.05, 0.1) is 16.9 Å². The van der Waals surface area contributed by atoms with Crippen LogP contribution in [0.2, 0.25) is 0 Å². The van der Waals surface area contributed by atoms with E-state index in [0.717, 1.165) is 31.8 Å². The lowest BCUT2D eigenvalue weighted by molar-refractivity contribution is -0.372. The molecule has 7 nitrogen and oxygen atoms in total. The minimum absolute atomic E-state index is 0.0302. The van der Waals surface area contributed by atoms with Gasteiger partial charge in [-0.25, -0.2) is 0 Å². The Bertz CT molecular complexity index is 3710. The van der Waals surface area contributed by atoms with Crippen LogP contribution in [0.5, 0.6) is 5.75 Å². The lowest BCUT2D eigenvalue weighted by Crippen LogP contribution is -2.50. The first-order valence-electron chi connectivity index (χ1n) is 28.2. The van der Waals surface area contributed by atoms with Gasteiger partial charge in [0.2, 0.25) is 11.6 Å². The summed E-state index contributed by atoms with van der Waals surface area (Å²) in [5.74, 6) is -1.18. The van der Waals surface area contributed by atoms with Gasteiger partial charge in [-0.15, -0.1) is 0 Å². The molecule has 0 fully saturated rings. The molecule has 16 heteroatoms. The molecule has 0 aliphatic heterocycles. The SMILES string of the molecule is O=C(C[P+](c1ccccc1)(c1ccccc1)c1ccccc1)c1cccc(C(=O)c2ccccc2)c1.O=C(C[P+](c1ccccc1)(c1ccccc1)c1ccccc1)c1cccc(C(=O)c2ccccc2)c1.[O-]B([O-])Oc1cc(C(F)(F)F)cc(C(F)(F)F)c1. The second-order valence-electron chi connectivity index (χ2n) is 20.5. The maximum absolute atomic E-state index is 14.0. The van der Waals surface area contributed by atoms with Gasteiger partial charge in [0.15, 0.2) is 11.6 Å². The molecule has 0 radical (unpaired) electrons. The molecule has 0 saturated carbocycles. The third-order valence-corrected chi connectivity index (χ3v) is 23.3. The first-order valence-corrected chi connectivity index (χ1v) is 32.2. The van der Waals surface area contributed by atoms with Crippen LogP contribution in [0.25, 0.3) is 0 Å². The molecule has 0 spiro atoms. The molecular formula is C74H55BF6O7P2. The number of Topliss-reactive ketones (excluding diaryl/α,β-unsaturated/α-hetero) is 2. The molecule has 448 valence electrons. The van der Waals surface area contributed by atoms with Crippen LogP contribution in [0.1, 0.15) is 63.7 Å². The zero-order valence-corrected chi connectivity index (χ0v) is 49.7. The van der Waals surface area contributed by atoms with Crippen LogP contribution >= 0.6 is 14.5 Å². The molecule has 0 aliphatic carbocycles. The second-order valence-corrected chi connectivity index (χ2v) is 27.5. The number of halogens is 6. The Morgan fingerprint density at radius 3 is 0.789 bits per heavy atom. The molecule has 0 atom stereocenters. The second kappa shape index (κ2) is 29.6. The van der Waals surface area contributed by atoms with Crippen LogP contribution in [-0.2, 0) is 12.4 Å². The molecule has 0 bridgehead atoms. The number of benzene rings is 11. The van der Waals surface area contributed by atoms with Crippen molar-refractivity contribution < 1.29 is 60.2 Å². The molecule has 0 amide bonds. The average molecular weight is 1240 g/mol. The van der Waals surface area contributed by atoms with E-state index in [9.17, 15) is 55.6 Å². The van der Waals surface area contributed by atoms with Crippen molar-refractivity contribution in [3.05, 3.63) is 354 Å². The molecule has 90 heavy (non-hydrogen) atoms. The van der Waals surface area contributed by atoms with E-state index in [0.29, 0.717) is 45.7 Å². The van der Waals surface area contributed by atoms with Gasteiger partial charge < -0.3 is 14.7 Å². The van der Waals surface area contributed by atoms with Gasteiger partial charge >= 0.3 is 12.4 Å². The normalized spacial score (nSPS) is 11.4. The molecule has 0 aliphatic rings. The number of ketones is 4. The van der Waals surface area contributed by atoms with Gasteiger partial charge in [-0.3, -0.25) is 19.2 Å². The topological polar surface area (TPSA) is 124 Å². The molecule has 0 saturated heterocycles. The van der Waals surface area contributed by atoms with Gasteiger partial charge in [-0.1, -0.05) is 206 Å². The molecule has 0 heterocycles. The summed E-state index contributed by atoms with van der Waals surface area (Å²) >= 11 is 0. The summed E-state index contributed by atoms with van der Waals surface area (Å²) in [4.78, 5) is 54.1. The fourth-order valence-electron chi connectivity index (χ4n) is 10.4. The van der Waals surface area contributed by atoms with E-state index in [1.165, 1.54) is 0 Å². The van der Waals surface area contributed by atoms with Gasteiger partial charge in [-0.05, 0) is 103 Å². The Balaban J connectivity index is 0.000000170. The quantitative estimate of drug-likeness (QED) is 0.0363. The smallest absolute Gasteiger partial charge is 0.416 e. The Kier molecular flexibility index (Phi) is 21.3. The Labute approximate surface area is 518 Å². The summed E-state index contributed by atoms with van der Waals surface area (Å²) < 4.78 is 77.5. The van der Waals surface area contributed by atoms with Crippen LogP contribution in [0.3, 0.4) is 0 Å². The number of alkyl halides is 6. The summed E-state index contributed by atoms with van der Waals surface area (Å²) in [5, 5.41) is 27.1. The maximum Gasteiger partial charge on any atom is 0.416 e. The van der Waals surface area contributed by atoms with Gasteiger partial charge in [0.25, 0.3) is 0 Å². The average Bonchev–Trinajstić information content (AvgIpc) is 0.892. The number of carbonyl (C=O) groups excluding carboxylic acids is 4. The highest BCUT2D eigenvalue weighted by atomic mass is 31.2. The fraction of sp³-hybridized carbons (Fsp3) is 0.0541. The van der Waals surface area contributed by atoms with Crippen molar-refractivity contribution in [1.29, 1.82) is 0 Å². The van der Waals surface area contributed by atoms with E-state index < -0.39 is 51.1 Å². The summed E-state index contributed by atoms with van der Waals surface area (Å²) in [6, 6.07) is 95.0. The van der Waals surface area contributed by atoms with Gasteiger partial charge in [0.1, 0.15) is 66.0 Å². The highest BCUT2D eigenvalue weighted by Gasteiger charge is 2.49. The minimum Gasteiger partial charge on any atom is -0.860 e. The standard InChI is InChI=1S/2C33H26O2P.C8H3BF6O3/c2*34-32(27-16-13-17-28(24-27)33(35)26-14-5-1-6-15-26)25-36(29-18-7-2-8-19-29,30-20-9-3-10-21-30)31-22-11-4-12-23-31;10-7(11,12)4-1-5(8(13,14)15)3-6(2-4)18-9(16)17/h2*1-24H,25H2;1-3H/q2*+1;-2. The lowest BCUT2D eigenvalue weighted by atomic mass is 10.0. The van der Waals surface area contributed by atoms with E-state index in [2.05, 4.69) is 77.5 Å². The first-order chi connectivity index (χ1) is 43.4. The van der Waals surface area contributed by atoms with Crippen molar-refractivity contribution in [3.63, 3.8) is 0 Å². The predicted molar refractivity (Wildman–Crippen MR) is 344 cm³/mol. The maximum atomic E-state index is 14.0. The molecule has 11 aromatic carbocycles. The molecule has 11 rings (SSSR count). The first kappa shape index (κ1) is 64.8. The van der Waals surface area contributed by atoms with Crippen LogP contribution in [-0.4, -0.2) is 42.8 Å². The number of hydrogen-bond donors (Lipinski definition) is 0. The molecule has 0 unspecified atom stereocenters. The van der Waals surface area contributed by atoms with E-state index >= 15 is 0 Å². The highest BCUT2D eigenvalue weighted by molar-refractivity contribution is 7.96. The fourth-order valence-corrected chi connectivity index (χ4v) is 18.6. The molecule has 0 aromatic heterocycles. The third-order valence-electron chi connectivity index (χ3n) is 14.7. The third kappa shape index (κ3) is 15.8. The molecular weight excluding hydrogens is 1190 g/mol. The number of carbonyl (C=O) groups is 4. The Hall–Kier alpha value is -9.68. The summed E-state index contributed by atoms with van der Waals surface area (Å²) in [5.41, 5.74) is 0.0719. The van der Waals surface area contributed by atoms with E-state index in [1.807, 2.05) is 158 Å². The zero-order valence-electron chi connectivity index (χ0n) is 48.0. The molecule has 0 N–H and O–H groups in total. The van der Waals surface area contributed by atoms with E-state index in [1.54, 1.807) is 60.7 Å². The van der Waals surface area contributed by atoms with Crippen molar-refractivity contribution >= 4 is 76.8 Å². The Morgan fingerprint density at radius 2 is 0.544 bits per heavy atom. The number of hydrogen-bond acceptors (Lipinski definition) is 7. The Morgan fingerprint density at radius 1 is 0.311 bits per heavy atom. The monoisotopic (exact) mass is 1240 g/mol. The van der Waals surface area contributed by atoms with Crippen LogP contribution < -0.4 is 46.5 Å². The van der Waals surface area contributed by atoms with Crippen molar-refractivity contribution in [2.75, 3.05) is 12.3 Å². The largest absolute Gasteiger partial charge is 0.860 e. The zero-order chi connectivity index (χ0) is 63.7. The lowest BCUT2D eigenvalue weighted by Gasteiger charge is -2.27. The summed E-state index contributed by atoms with van der Waals surface area (Å²) in [6.07, 6.45) is -9.43. The van der Waals surface area contributed by atoms with Crippen LogP contribution in [0, 0.1) is 0 Å². The van der Waals surface area contributed by atoms with Crippen molar-refractivity contribution in [3.8, 4) is 5.75 Å².